The van der Waals surface area contributed by atoms with Crippen molar-refractivity contribution in [3.05, 3.63) is 29.8 Å². The van der Waals surface area contributed by atoms with Gasteiger partial charge in [-0.2, -0.15) is 5.26 Å². The lowest BCUT2D eigenvalue weighted by atomic mass is 10.1. The minimum atomic E-state index is 0.488. The van der Waals surface area contributed by atoms with Crippen LogP contribution in [0.4, 0.5) is 5.82 Å². The molecule has 0 radical (unpaired) electrons. The van der Waals surface area contributed by atoms with E-state index in [1.165, 1.54) is 0 Å². The lowest BCUT2D eigenvalue weighted by Crippen LogP contribution is -2.39. The van der Waals surface area contributed by atoms with Gasteiger partial charge >= 0.3 is 0 Å². The highest BCUT2D eigenvalue weighted by molar-refractivity contribution is 7.80. The van der Waals surface area contributed by atoms with Crippen molar-refractivity contribution in [2.24, 2.45) is 0 Å². The average molecular weight is 359 g/mol. The molecule has 0 saturated carbocycles. The third-order valence-electron chi connectivity index (χ3n) is 3.44. The smallest absolute Gasteiger partial charge is 0.166 e. The number of aromatic nitrogens is 1. The zero-order valence-corrected chi connectivity index (χ0v) is 15.1. The fraction of sp³-hybridized carbons (Fsp3) is 0.353. The molecule has 0 aliphatic carbocycles. The number of methoxy groups -OCH3 is 2. The Hall–Kier alpha value is -2.63. The maximum absolute atomic E-state index is 9.35. The summed E-state index contributed by atoms with van der Waals surface area (Å²) >= 11 is 5.15. The van der Waals surface area contributed by atoms with Crippen molar-refractivity contribution in [1.29, 1.82) is 5.26 Å². The van der Waals surface area contributed by atoms with E-state index in [1.54, 1.807) is 20.3 Å². The van der Waals surface area contributed by atoms with Crippen molar-refractivity contribution >= 4 is 34.1 Å². The number of anilines is 1. The number of hydrogen-bond acceptors (Lipinski definition) is 6. The molecule has 0 bridgehead atoms. The monoisotopic (exact) mass is 359 g/mol. The third-order valence-corrected chi connectivity index (χ3v) is 3.73. The van der Waals surface area contributed by atoms with Crippen molar-refractivity contribution in [2.45, 2.75) is 0 Å². The number of ether oxygens (including phenoxy) is 2. The molecule has 0 aliphatic rings. The van der Waals surface area contributed by atoms with Crippen molar-refractivity contribution in [1.82, 2.24) is 15.6 Å². The van der Waals surface area contributed by atoms with Gasteiger partial charge in [-0.15, -0.1) is 0 Å². The normalized spacial score (nSPS) is 10.1. The first kappa shape index (κ1) is 18.7. The summed E-state index contributed by atoms with van der Waals surface area (Å²) in [6.45, 7) is 2.43. The number of thiocarbonyl (C=S) groups is 1. The molecule has 0 amide bonds. The molecular formula is C17H21N5O2S. The molecule has 0 aliphatic heterocycles. The molecule has 1 aromatic carbocycles. The molecule has 8 heteroatoms. The van der Waals surface area contributed by atoms with E-state index in [0.717, 1.165) is 16.7 Å². The molecule has 0 unspecified atom stereocenters. The summed E-state index contributed by atoms with van der Waals surface area (Å²) in [4.78, 5) is 4.52. The van der Waals surface area contributed by atoms with E-state index in [2.05, 4.69) is 27.0 Å². The fourth-order valence-electron chi connectivity index (χ4n) is 2.19. The molecule has 2 rings (SSSR count). The predicted molar refractivity (Wildman–Crippen MR) is 102 cm³/mol. The molecular weight excluding hydrogens is 338 g/mol. The van der Waals surface area contributed by atoms with E-state index < -0.39 is 0 Å². The summed E-state index contributed by atoms with van der Waals surface area (Å²) in [5.41, 5.74) is 1.29. The third kappa shape index (κ3) is 5.45. The van der Waals surface area contributed by atoms with Gasteiger partial charge < -0.3 is 25.4 Å². The van der Waals surface area contributed by atoms with Crippen molar-refractivity contribution in [3.63, 3.8) is 0 Å². The number of nitrogens with zero attached hydrogens (tertiary/aromatic N) is 2. The first-order valence-corrected chi connectivity index (χ1v) is 8.22. The van der Waals surface area contributed by atoms with Crippen LogP contribution in [-0.2, 0) is 4.74 Å². The number of fused-ring (bicyclic) bond motifs is 1. The van der Waals surface area contributed by atoms with Crippen molar-refractivity contribution in [3.8, 4) is 11.8 Å². The van der Waals surface area contributed by atoms with Gasteiger partial charge in [0.25, 0.3) is 0 Å². The minimum absolute atomic E-state index is 0.488. The van der Waals surface area contributed by atoms with E-state index in [9.17, 15) is 5.26 Å². The van der Waals surface area contributed by atoms with Crippen LogP contribution in [-0.4, -0.2) is 50.6 Å². The van der Waals surface area contributed by atoms with Crippen LogP contribution < -0.4 is 20.7 Å². The zero-order valence-electron chi connectivity index (χ0n) is 14.3. The quantitative estimate of drug-likeness (QED) is 0.484. The van der Waals surface area contributed by atoms with Crippen LogP contribution >= 0.6 is 12.2 Å². The molecule has 3 N–H and O–H groups in total. The van der Waals surface area contributed by atoms with E-state index >= 15 is 0 Å². The maximum Gasteiger partial charge on any atom is 0.166 e. The van der Waals surface area contributed by atoms with Gasteiger partial charge in [-0.25, -0.2) is 4.98 Å². The fourth-order valence-corrected chi connectivity index (χ4v) is 2.39. The van der Waals surface area contributed by atoms with Crippen LogP contribution in [0.1, 0.15) is 5.56 Å². The Morgan fingerprint density at radius 2 is 2.00 bits per heavy atom. The largest absolute Gasteiger partial charge is 0.497 e. The Morgan fingerprint density at radius 1 is 1.20 bits per heavy atom. The van der Waals surface area contributed by atoms with E-state index in [4.69, 9.17) is 21.7 Å². The van der Waals surface area contributed by atoms with E-state index in [1.807, 2.05) is 18.2 Å². The molecule has 0 saturated heterocycles. The van der Waals surface area contributed by atoms with Gasteiger partial charge in [0.2, 0.25) is 0 Å². The zero-order chi connectivity index (χ0) is 18.1. The first-order valence-electron chi connectivity index (χ1n) is 7.81. The van der Waals surface area contributed by atoms with Crippen molar-refractivity contribution in [2.75, 3.05) is 45.8 Å². The summed E-state index contributed by atoms with van der Waals surface area (Å²) < 4.78 is 10.1. The van der Waals surface area contributed by atoms with Crippen LogP contribution in [0, 0.1) is 11.3 Å². The summed E-state index contributed by atoms with van der Waals surface area (Å²) in [5, 5.41) is 20.1. The number of nitrogens with one attached hydrogen (secondary N) is 3. The van der Waals surface area contributed by atoms with Crippen LogP contribution in [0.25, 0.3) is 10.9 Å². The topological polar surface area (TPSA) is 91.2 Å². The molecule has 0 atom stereocenters. The van der Waals surface area contributed by atoms with Crippen LogP contribution in [0.5, 0.6) is 5.75 Å². The van der Waals surface area contributed by atoms with Gasteiger partial charge in [0.1, 0.15) is 17.6 Å². The highest BCUT2D eigenvalue weighted by atomic mass is 32.1. The molecule has 1 heterocycles. The Morgan fingerprint density at radius 3 is 2.72 bits per heavy atom. The summed E-state index contributed by atoms with van der Waals surface area (Å²) in [6.07, 6.45) is 0. The second-order valence-corrected chi connectivity index (χ2v) is 5.57. The number of hydrogen-bond donors (Lipinski definition) is 3. The van der Waals surface area contributed by atoms with Gasteiger partial charge in [-0.1, -0.05) is 0 Å². The van der Waals surface area contributed by atoms with Gasteiger partial charge in [0, 0.05) is 32.1 Å². The van der Waals surface area contributed by atoms with Crippen LogP contribution in [0.2, 0.25) is 0 Å². The molecule has 0 spiro atoms. The second-order valence-electron chi connectivity index (χ2n) is 5.16. The first-order chi connectivity index (χ1) is 12.2. The molecule has 25 heavy (non-hydrogen) atoms. The van der Waals surface area contributed by atoms with Gasteiger partial charge in [-0.05, 0) is 36.5 Å². The minimum Gasteiger partial charge on any atom is -0.497 e. The predicted octanol–water partition coefficient (Wildman–Crippen LogP) is 1.64. The lowest BCUT2D eigenvalue weighted by molar-refractivity contribution is 0.204. The molecule has 7 nitrogen and oxygen atoms in total. The summed E-state index contributed by atoms with van der Waals surface area (Å²) in [6, 6.07) is 9.55. The highest BCUT2D eigenvalue weighted by Crippen LogP contribution is 2.23. The Kier molecular flexibility index (Phi) is 7.19. The van der Waals surface area contributed by atoms with Gasteiger partial charge in [-0.3, -0.25) is 0 Å². The Balaban J connectivity index is 1.94. The van der Waals surface area contributed by atoms with Crippen LogP contribution in [0.15, 0.2) is 24.3 Å². The molecule has 0 fully saturated rings. The van der Waals surface area contributed by atoms with E-state index in [0.29, 0.717) is 42.7 Å². The van der Waals surface area contributed by atoms with Crippen molar-refractivity contribution < 1.29 is 9.47 Å². The van der Waals surface area contributed by atoms with Gasteiger partial charge in [0.05, 0.1) is 24.8 Å². The molecule has 2 aromatic rings. The number of rotatable bonds is 8. The summed E-state index contributed by atoms with van der Waals surface area (Å²) in [5.74, 6) is 1.29. The average Bonchev–Trinajstić information content (AvgIpc) is 2.64. The highest BCUT2D eigenvalue weighted by Gasteiger charge is 2.07. The van der Waals surface area contributed by atoms with Gasteiger partial charge in [0.15, 0.2) is 5.11 Å². The molecule has 1 aromatic heterocycles. The second kappa shape index (κ2) is 9.61. The molecule has 132 valence electrons. The number of pyridine rings is 1. The Bertz CT molecular complexity index is 775. The lowest BCUT2D eigenvalue weighted by Gasteiger charge is -2.12. The SMILES string of the molecule is COCCNC(=S)NCCNc1nc2ccc(OC)cc2cc1C#N. The number of nitriles is 1. The summed E-state index contributed by atoms with van der Waals surface area (Å²) in [7, 11) is 3.25. The maximum atomic E-state index is 9.35. The standard InChI is InChI=1S/C17H21N5O2S/c1-23-8-7-21-17(25)20-6-5-19-16-13(11-18)9-12-10-14(24-2)3-4-15(12)22-16/h3-4,9-10H,5-8H2,1-2H3,(H,19,22)(H2,20,21,25). The Labute approximate surface area is 152 Å². The van der Waals surface area contributed by atoms with Crippen LogP contribution in [0.3, 0.4) is 0 Å². The number of benzene rings is 1. The van der Waals surface area contributed by atoms with E-state index in [-0.39, 0.29) is 0 Å².